The highest BCUT2D eigenvalue weighted by Gasteiger charge is 2.41. The largest absolute Gasteiger partial charge is 0.481 e. The molecule has 1 saturated carbocycles. The van der Waals surface area contributed by atoms with Crippen LogP contribution in [0.15, 0.2) is 66.9 Å². The summed E-state index contributed by atoms with van der Waals surface area (Å²) in [5.41, 5.74) is 3.86. The van der Waals surface area contributed by atoms with Crippen LogP contribution in [0.4, 0.5) is 0 Å². The molecule has 29 heavy (non-hydrogen) atoms. The lowest BCUT2D eigenvalue weighted by molar-refractivity contribution is -0.152. The fourth-order valence-electron chi connectivity index (χ4n) is 3.71. The fraction of sp³-hybridized carbons (Fsp3) is 0.261. The minimum absolute atomic E-state index is 0.196. The molecule has 1 aliphatic carbocycles. The topological polar surface area (TPSA) is 84.2 Å². The molecule has 2 N–H and O–H groups in total. The predicted octanol–water partition coefficient (Wildman–Crippen LogP) is 3.33. The van der Waals surface area contributed by atoms with Crippen LogP contribution < -0.4 is 5.32 Å². The average Bonchev–Trinajstić information content (AvgIpc) is 3.09. The summed E-state index contributed by atoms with van der Waals surface area (Å²) in [6, 6.07) is 19.9. The van der Waals surface area contributed by atoms with E-state index in [0.29, 0.717) is 25.9 Å². The number of carbonyl (C=O) groups excluding carboxylic acids is 1. The van der Waals surface area contributed by atoms with Crippen molar-refractivity contribution in [3.8, 4) is 11.3 Å². The molecule has 1 amide bonds. The SMILES string of the molecule is O=C(O)C1CCC1C(=O)NCc1cn(Cc2ccccc2)nc1-c1ccccc1. The number of nitrogens with one attached hydrogen (secondary N) is 1. The maximum atomic E-state index is 12.5. The Labute approximate surface area is 169 Å². The van der Waals surface area contributed by atoms with Gasteiger partial charge in [0.1, 0.15) is 0 Å². The lowest BCUT2D eigenvalue weighted by atomic mass is 9.73. The zero-order valence-electron chi connectivity index (χ0n) is 16.0. The van der Waals surface area contributed by atoms with Crippen LogP contribution in [0.25, 0.3) is 11.3 Å². The molecule has 1 fully saturated rings. The van der Waals surface area contributed by atoms with Crippen molar-refractivity contribution < 1.29 is 14.7 Å². The van der Waals surface area contributed by atoms with E-state index in [1.165, 1.54) is 0 Å². The van der Waals surface area contributed by atoms with Gasteiger partial charge in [-0.2, -0.15) is 5.10 Å². The molecule has 2 unspecified atom stereocenters. The summed E-state index contributed by atoms with van der Waals surface area (Å²) in [6.07, 6.45) is 3.14. The Morgan fingerprint density at radius 1 is 1.00 bits per heavy atom. The van der Waals surface area contributed by atoms with Crippen LogP contribution in [-0.2, 0) is 22.7 Å². The Morgan fingerprint density at radius 2 is 1.66 bits per heavy atom. The van der Waals surface area contributed by atoms with Gasteiger partial charge in [0.2, 0.25) is 5.91 Å². The van der Waals surface area contributed by atoms with Crippen molar-refractivity contribution in [3.05, 3.63) is 78.0 Å². The van der Waals surface area contributed by atoms with E-state index < -0.39 is 17.8 Å². The molecule has 6 nitrogen and oxygen atoms in total. The van der Waals surface area contributed by atoms with Crippen LogP contribution in [-0.4, -0.2) is 26.8 Å². The molecule has 0 bridgehead atoms. The third-order valence-electron chi connectivity index (χ3n) is 5.45. The highest BCUT2D eigenvalue weighted by atomic mass is 16.4. The van der Waals surface area contributed by atoms with E-state index in [-0.39, 0.29) is 5.91 Å². The maximum Gasteiger partial charge on any atom is 0.307 e. The predicted molar refractivity (Wildman–Crippen MR) is 109 cm³/mol. The van der Waals surface area contributed by atoms with E-state index in [2.05, 4.69) is 5.32 Å². The van der Waals surface area contributed by atoms with E-state index >= 15 is 0 Å². The van der Waals surface area contributed by atoms with E-state index in [0.717, 1.165) is 22.4 Å². The molecule has 2 atom stereocenters. The van der Waals surface area contributed by atoms with E-state index in [4.69, 9.17) is 5.10 Å². The van der Waals surface area contributed by atoms with Gasteiger partial charge in [0.25, 0.3) is 0 Å². The Hall–Kier alpha value is -3.41. The second-order valence-electron chi connectivity index (χ2n) is 7.40. The van der Waals surface area contributed by atoms with Crippen molar-refractivity contribution in [3.63, 3.8) is 0 Å². The second-order valence-corrected chi connectivity index (χ2v) is 7.40. The first-order valence-corrected chi connectivity index (χ1v) is 9.78. The zero-order chi connectivity index (χ0) is 20.2. The van der Waals surface area contributed by atoms with Crippen molar-refractivity contribution in [1.82, 2.24) is 15.1 Å². The van der Waals surface area contributed by atoms with Crippen molar-refractivity contribution in [2.45, 2.75) is 25.9 Å². The van der Waals surface area contributed by atoms with Crippen LogP contribution in [0.1, 0.15) is 24.0 Å². The number of carboxylic acids is 1. The molecule has 0 saturated heterocycles. The number of benzene rings is 2. The molecule has 0 aliphatic heterocycles. The Bertz CT molecular complexity index is 999. The van der Waals surface area contributed by atoms with Crippen LogP contribution in [0.5, 0.6) is 0 Å². The summed E-state index contributed by atoms with van der Waals surface area (Å²) in [5.74, 6) is -2.09. The minimum Gasteiger partial charge on any atom is -0.481 e. The zero-order valence-corrected chi connectivity index (χ0v) is 16.0. The molecule has 1 aliphatic rings. The molecular formula is C23H23N3O3. The number of aliphatic carboxylic acids is 1. The summed E-state index contributed by atoms with van der Waals surface area (Å²) in [5, 5.41) is 16.8. The monoisotopic (exact) mass is 389 g/mol. The number of aromatic nitrogens is 2. The first-order valence-electron chi connectivity index (χ1n) is 9.78. The van der Waals surface area contributed by atoms with Crippen molar-refractivity contribution in [1.29, 1.82) is 0 Å². The Balaban J connectivity index is 1.53. The van der Waals surface area contributed by atoms with Crippen LogP contribution in [0.2, 0.25) is 0 Å². The van der Waals surface area contributed by atoms with Crippen molar-refractivity contribution in [2.24, 2.45) is 11.8 Å². The number of hydrogen-bond donors (Lipinski definition) is 2. The summed E-state index contributed by atoms with van der Waals surface area (Å²) in [6.45, 7) is 0.957. The summed E-state index contributed by atoms with van der Waals surface area (Å²) < 4.78 is 1.88. The number of rotatable bonds is 7. The molecular weight excluding hydrogens is 366 g/mol. The standard InChI is InChI=1S/C23H23N3O3/c27-22(19-11-12-20(19)23(28)29)24-13-18-15-26(14-16-7-3-1-4-8-16)25-21(18)17-9-5-2-6-10-17/h1-10,15,19-20H,11-14H2,(H,24,27)(H,28,29). The van der Waals surface area contributed by atoms with Crippen LogP contribution in [0.3, 0.4) is 0 Å². The first-order chi connectivity index (χ1) is 14.1. The second kappa shape index (κ2) is 8.31. The number of carboxylic acid groups (broad SMARTS) is 1. The van der Waals surface area contributed by atoms with Gasteiger partial charge in [0.15, 0.2) is 0 Å². The molecule has 148 valence electrons. The summed E-state index contributed by atoms with van der Waals surface area (Å²) >= 11 is 0. The third-order valence-corrected chi connectivity index (χ3v) is 5.45. The molecule has 1 aromatic heterocycles. The number of nitrogens with zero attached hydrogens (tertiary/aromatic N) is 2. The van der Waals surface area contributed by atoms with E-state index in [9.17, 15) is 14.7 Å². The molecule has 2 aromatic carbocycles. The molecule has 6 heteroatoms. The van der Waals surface area contributed by atoms with Gasteiger partial charge >= 0.3 is 5.97 Å². The molecule has 0 spiro atoms. The van der Waals surface area contributed by atoms with E-state index in [1.807, 2.05) is 71.5 Å². The number of amides is 1. The number of carbonyl (C=O) groups is 2. The van der Waals surface area contributed by atoms with Gasteiger partial charge in [0, 0.05) is 23.9 Å². The third kappa shape index (κ3) is 4.21. The highest BCUT2D eigenvalue weighted by Crippen LogP contribution is 2.34. The summed E-state index contributed by atoms with van der Waals surface area (Å²) in [7, 11) is 0. The maximum absolute atomic E-state index is 12.5. The van der Waals surface area contributed by atoms with Crippen LogP contribution >= 0.6 is 0 Å². The van der Waals surface area contributed by atoms with Gasteiger partial charge in [-0.3, -0.25) is 14.3 Å². The van der Waals surface area contributed by atoms with E-state index in [1.54, 1.807) is 0 Å². The van der Waals surface area contributed by atoms with Crippen molar-refractivity contribution in [2.75, 3.05) is 0 Å². The highest BCUT2D eigenvalue weighted by molar-refractivity contribution is 5.86. The molecule has 4 rings (SSSR count). The lowest BCUT2D eigenvalue weighted by Crippen LogP contribution is -2.43. The smallest absolute Gasteiger partial charge is 0.307 e. The normalized spacial score (nSPS) is 18.1. The minimum atomic E-state index is -0.892. The Morgan fingerprint density at radius 3 is 2.28 bits per heavy atom. The molecule has 1 heterocycles. The first kappa shape index (κ1) is 18.9. The van der Waals surface area contributed by atoms with Gasteiger partial charge in [-0.1, -0.05) is 60.7 Å². The van der Waals surface area contributed by atoms with Gasteiger partial charge in [0.05, 0.1) is 24.1 Å². The molecule has 0 radical (unpaired) electrons. The van der Waals surface area contributed by atoms with Gasteiger partial charge < -0.3 is 10.4 Å². The summed E-state index contributed by atoms with van der Waals surface area (Å²) in [4.78, 5) is 23.7. The quantitative estimate of drug-likeness (QED) is 0.649. The van der Waals surface area contributed by atoms with Gasteiger partial charge in [-0.15, -0.1) is 0 Å². The fourth-order valence-corrected chi connectivity index (χ4v) is 3.71. The molecule has 3 aromatic rings. The van der Waals surface area contributed by atoms with Crippen molar-refractivity contribution >= 4 is 11.9 Å². The lowest BCUT2D eigenvalue weighted by Gasteiger charge is -2.31. The van der Waals surface area contributed by atoms with Crippen LogP contribution in [0, 0.1) is 11.8 Å². The Kier molecular flexibility index (Phi) is 5.42. The number of hydrogen-bond acceptors (Lipinski definition) is 3. The average molecular weight is 389 g/mol. The van der Waals surface area contributed by atoms with Gasteiger partial charge in [-0.25, -0.2) is 0 Å². The van der Waals surface area contributed by atoms with Gasteiger partial charge in [-0.05, 0) is 18.4 Å².